The standard InChI is InChI=1S/C26H38N2OS/c1-17(2)11-23(27-15-20(5)26(6,7)8)24-16-30-25(28-24)14-22-13-18(3)21(9-10-29)12-19(22)4/h11-13,16-17,27,29H,5,9-10,14-15H2,1-4,6-8H3/b23-11-. The van der Waals surface area contributed by atoms with E-state index in [1.165, 1.54) is 27.8 Å². The van der Waals surface area contributed by atoms with Crippen LogP contribution in [-0.2, 0) is 12.8 Å². The fraction of sp³-hybridized carbons (Fsp3) is 0.500. The summed E-state index contributed by atoms with van der Waals surface area (Å²) in [4.78, 5) is 4.95. The van der Waals surface area contributed by atoms with Crippen molar-refractivity contribution in [1.29, 1.82) is 0 Å². The smallest absolute Gasteiger partial charge is 0.0977 e. The van der Waals surface area contributed by atoms with Gasteiger partial charge in [0.25, 0.3) is 0 Å². The second-order valence-corrected chi connectivity index (χ2v) is 10.5. The van der Waals surface area contributed by atoms with E-state index in [2.05, 4.69) is 84.0 Å². The Morgan fingerprint density at radius 1 is 1.20 bits per heavy atom. The first kappa shape index (κ1) is 24.4. The molecule has 164 valence electrons. The predicted octanol–water partition coefficient (Wildman–Crippen LogP) is 6.07. The van der Waals surface area contributed by atoms with E-state index >= 15 is 0 Å². The minimum Gasteiger partial charge on any atom is -0.396 e. The maximum Gasteiger partial charge on any atom is 0.0977 e. The van der Waals surface area contributed by atoms with E-state index in [9.17, 15) is 5.11 Å². The third kappa shape index (κ3) is 6.82. The average Bonchev–Trinajstić information content (AvgIpc) is 3.10. The summed E-state index contributed by atoms with van der Waals surface area (Å²) in [5, 5.41) is 16.1. The lowest BCUT2D eigenvalue weighted by Gasteiger charge is -2.23. The number of nitrogens with one attached hydrogen (secondary N) is 1. The second-order valence-electron chi connectivity index (χ2n) is 9.51. The Bertz CT molecular complexity index is 900. The molecule has 0 atom stereocenters. The largest absolute Gasteiger partial charge is 0.396 e. The monoisotopic (exact) mass is 426 g/mol. The SMILES string of the molecule is C=C(CN/C(=C\C(C)C)c1csc(Cc2cc(C)c(CCO)cc2C)n1)C(C)(C)C. The molecule has 1 aromatic heterocycles. The van der Waals surface area contributed by atoms with Gasteiger partial charge in [0.1, 0.15) is 0 Å². The number of hydrogen-bond donors (Lipinski definition) is 2. The molecule has 0 aliphatic rings. The van der Waals surface area contributed by atoms with Crippen molar-refractivity contribution in [3.63, 3.8) is 0 Å². The van der Waals surface area contributed by atoms with E-state index in [0.29, 0.717) is 12.3 Å². The van der Waals surface area contributed by atoms with E-state index in [-0.39, 0.29) is 12.0 Å². The number of aromatic nitrogens is 1. The van der Waals surface area contributed by atoms with Crippen molar-refractivity contribution < 1.29 is 5.11 Å². The summed E-state index contributed by atoms with van der Waals surface area (Å²) in [6.45, 7) is 20.4. The van der Waals surface area contributed by atoms with Gasteiger partial charge in [-0.15, -0.1) is 11.3 Å². The first-order chi connectivity index (χ1) is 14.0. The maximum absolute atomic E-state index is 9.25. The van der Waals surface area contributed by atoms with Crippen LogP contribution in [0.15, 0.2) is 35.7 Å². The van der Waals surface area contributed by atoms with Gasteiger partial charge in [0.2, 0.25) is 0 Å². The number of benzene rings is 1. The number of aliphatic hydroxyl groups is 1. The average molecular weight is 427 g/mol. The fourth-order valence-corrected chi connectivity index (χ4v) is 4.05. The molecule has 0 fully saturated rings. The van der Waals surface area contributed by atoms with Crippen molar-refractivity contribution in [3.05, 3.63) is 68.7 Å². The molecule has 0 amide bonds. The second kappa shape index (κ2) is 10.4. The summed E-state index contributed by atoms with van der Waals surface area (Å²) in [5.41, 5.74) is 8.40. The first-order valence-corrected chi connectivity index (χ1v) is 11.7. The van der Waals surface area contributed by atoms with E-state index < -0.39 is 0 Å². The Kier molecular flexibility index (Phi) is 8.45. The molecule has 30 heavy (non-hydrogen) atoms. The van der Waals surface area contributed by atoms with Gasteiger partial charge < -0.3 is 10.4 Å². The Morgan fingerprint density at radius 3 is 2.43 bits per heavy atom. The van der Waals surface area contributed by atoms with Gasteiger partial charge in [-0.1, -0.05) is 65.0 Å². The molecule has 1 aromatic carbocycles. The number of rotatable bonds is 9. The molecule has 0 saturated heterocycles. The van der Waals surface area contributed by atoms with Crippen LogP contribution in [0.3, 0.4) is 0 Å². The lowest BCUT2D eigenvalue weighted by molar-refractivity contribution is 0.299. The summed E-state index contributed by atoms with van der Waals surface area (Å²) in [6.07, 6.45) is 3.79. The van der Waals surface area contributed by atoms with Crippen molar-refractivity contribution in [2.75, 3.05) is 13.2 Å². The van der Waals surface area contributed by atoms with Gasteiger partial charge in [0.15, 0.2) is 0 Å². The predicted molar refractivity (Wildman–Crippen MR) is 131 cm³/mol. The quantitative estimate of drug-likeness (QED) is 0.478. The van der Waals surface area contributed by atoms with Crippen LogP contribution in [0.2, 0.25) is 0 Å². The first-order valence-electron chi connectivity index (χ1n) is 10.8. The number of allylic oxidation sites excluding steroid dienone is 1. The minimum atomic E-state index is 0.0841. The van der Waals surface area contributed by atoms with E-state index in [1.807, 2.05) is 0 Å². The molecule has 2 N–H and O–H groups in total. The zero-order chi connectivity index (χ0) is 22.5. The molecular weight excluding hydrogens is 388 g/mol. The van der Waals surface area contributed by atoms with Crippen LogP contribution >= 0.6 is 11.3 Å². The summed E-state index contributed by atoms with van der Waals surface area (Å²) in [6, 6.07) is 4.46. The lowest BCUT2D eigenvalue weighted by atomic mass is 9.87. The minimum absolute atomic E-state index is 0.0841. The van der Waals surface area contributed by atoms with Crippen LogP contribution in [0.5, 0.6) is 0 Å². The van der Waals surface area contributed by atoms with Crippen LogP contribution in [0.4, 0.5) is 0 Å². The molecule has 0 aliphatic carbocycles. The third-order valence-electron chi connectivity index (χ3n) is 5.40. The molecule has 1 heterocycles. The van der Waals surface area contributed by atoms with Crippen LogP contribution < -0.4 is 5.32 Å². The van der Waals surface area contributed by atoms with Crippen molar-refractivity contribution in [2.45, 2.75) is 61.3 Å². The Balaban J connectivity index is 2.20. The number of thiazole rings is 1. The van der Waals surface area contributed by atoms with Gasteiger partial charge in [-0.05, 0) is 53.9 Å². The summed E-state index contributed by atoms with van der Waals surface area (Å²) in [7, 11) is 0. The molecule has 0 bridgehead atoms. The molecule has 3 nitrogen and oxygen atoms in total. The maximum atomic E-state index is 9.25. The Morgan fingerprint density at radius 2 is 1.83 bits per heavy atom. The van der Waals surface area contributed by atoms with Crippen LogP contribution in [0, 0.1) is 25.2 Å². The number of aryl methyl sites for hydroxylation is 2. The van der Waals surface area contributed by atoms with Crippen molar-refractivity contribution >= 4 is 17.0 Å². The highest BCUT2D eigenvalue weighted by molar-refractivity contribution is 7.09. The van der Waals surface area contributed by atoms with E-state index in [0.717, 1.165) is 29.4 Å². The number of nitrogens with zero attached hydrogens (tertiary/aromatic N) is 1. The summed E-state index contributed by atoms with van der Waals surface area (Å²) >= 11 is 1.71. The number of hydrogen-bond acceptors (Lipinski definition) is 4. The van der Waals surface area contributed by atoms with Crippen LogP contribution in [-0.4, -0.2) is 23.2 Å². The Hall–Kier alpha value is -1.91. The number of aliphatic hydroxyl groups excluding tert-OH is 1. The zero-order valence-electron chi connectivity index (χ0n) is 19.7. The third-order valence-corrected chi connectivity index (χ3v) is 6.25. The fourth-order valence-electron chi connectivity index (χ4n) is 3.23. The van der Waals surface area contributed by atoms with E-state index in [4.69, 9.17) is 4.98 Å². The molecular formula is C26H38N2OS. The van der Waals surface area contributed by atoms with Gasteiger partial charge in [-0.2, -0.15) is 0 Å². The van der Waals surface area contributed by atoms with Gasteiger partial charge in [0, 0.05) is 25.0 Å². The molecule has 2 aromatic rings. The van der Waals surface area contributed by atoms with Crippen LogP contribution in [0.25, 0.3) is 5.70 Å². The topological polar surface area (TPSA) is 45.1 Å². The summed E-state index contributed by atoms with van der Waals surface area (Å²) < 4.78 is 0. The van der Waals surface area contributed by atoms with Crippen molar-refractivity contribution in [1.82, 2.24) is 10.3 Å². The van der Waals surface area contributed by atoms with E-state index in [1.54, 1.807) is 11.3 Å². The molecule has 0 spiro atoms. The molecule has 0 saturated carbocycles. The van der Waals surface area contributed by atoms with Gasteiger partial charge in [0.05, 0.1) is 16.4 Å². The highest BCUT2D eigenvalue weighted by atomic mass is 32.1. The zero-order valence-corrected chi connectivity index (χ0v) is 20.5. The van der Waals surface area contributed by atoms with Crippen LogP contribution in [0.1, 0.15) is 67.6 Å². The highest BCUT2D eigenvalue weighted by Crippen LogP contribution is 2.26. The van der Waals surface area contributed by atoms with Crippen molar-refractivity contribution in [2.24, 2.45) is 11.3 Å². The molecule has 2 rings (SSSR count). The molecule has 0 aliphatic heterocycles. The Labute approximate surface area is 187 Å². The van der Waals surface area contributed by atoms with Gasteiger partial charge >= 0.3 is 0 Å². The summed E-state index contributed by atoms with van der Waals surface area (Å²) in [5.74, 6) is 0.435. The molecule has 0 radical (unpaired) electrons. The molecule has 0 unspecified atom stereocenters. The van der Waals surface area contributed by atoms with Crippen molar-refractivity contribution in [3.8, 4) is 0 Å². The van der Waals surface area contributed by atoms with Gasteiger partial charge in [-0.3, -0.25) is 0 Å². The molecule has 4 heteroatoms. The normalized spacial score (nSPS) is 12.5. The van der Waals surface area contributed by atoms with Gasteiger partial charge in [-0.25, -0.2) is 4.98 Å². The lowest BCUT2D eigenvalue weighted by Crippen LogP contribution is -2.22. The highest BCUT2D eigenvalue weighted by Gasteiger charge is 2.16.